The summed E-state index contributed by atoms with van der Waals surface area (Å²) < 4.78 is 5.23. The van der Waals surface area contributed by atoms with E-state index in [4.69, 9.17) is 4.74 Å². The van der Waals surface area contributed by atoms with E-state index in [0.717, 1.165) is 30.1 Å². The van der Waals surface area contributed by atoms with Crippen LogP contribution in [-0.4, -0.2) is 31.3 Å². The first-order chi connectivity index (χ1) is 10.7. The third-order valence-corrected chi connectivity index (χ3v) is 4.35. The van der Waals surface area contributed by atoms with E-state index in [2.05, 4.69) is 10.3 Å². The second kappa shape index (κ2) is 5.75. The molecule has 1 amide bonds. The molecule has 22 heavy (non-hydrogen) atoms. The lowest BCUT2D eigenvalue weighted by Gasteiger charge is -2.27. The van der Waals surface area contributed by atoms with Crippen LogP contribution < -0.4 is 10.1 Å². The largest absolute Gasteiger partial charge is 0.480 e. The zero-order valence-corrected chi connectivity index (χ0v) is 12.7. The third kappa shape index (κ3) is 2.22. The predicted molar refractivity (Wildman–Crippen MR) is 83.7 cm³/mol. The highest BCUT2D eigenvalue weighted by molar-refractivity contribution is 6.03. The summed E-state index contributed by atoms with van der Waals surface area (Å²) >= 11 is 0. The number of nitrogens with one attached hydrogen (secondary N) is 1. The molecular formula is C17H18N2O3. The first kappa shape index (κ1) is 14.5. The molecule has 1 fully saturated rings. The summed E-state index contributed by atoms with van der Waals surface area (Å²) in [6.07, 6.45) is 4.29. The minimum Gasteiger partial charge on any atom is -0.480 e. The van der Waals surface area contributed by atoms with Crippen LogP contribution in [0.25, 0.3) is 10.9 Å². The maximum Gasteiger partial charge on any atom is 0.256 e. The van der Waals surface area contributed by atoms with E-state index in [9.17, 15) is 9.59 Å². The van der Waals surface area contributed by atoms with E-state index >= 15 is 0 Å². The van der Waals surface area contributed by atoms with Crippen LogP contribution in [0.3, 0.4) is 0 Å². The Morgan fingerprint density at radius 1 is 1.41 bits per heavy atom. The summed E-state index contributed by atoms with van der Waals surface area (Å²) in [5.74, 6) is 0.415. The summed E-state index contributed by atoms with van der Waals surface area (Å²) in [5.41, 5.74) is 2.63. The van der Waals surface area contributed by atoms with Crippen molar-refractivity contribution in [3.05, 3.63) is 34.9 Å². The van der Waals surface area contributed by atoms with E-state index in [1.165, 1.54) is 13.5 Å². The monoisotopic (exact) mass is 298 g/mol. The van der Waals surface area contributed by atoms with Gasteiger partial charge in [0.25, 0.3) is 5.91 Å². The number of pyridine rings is 1. The summed E-state index contributed by atoms with van der Waals surface area (Å²) in [7, 11) is 3.03. The van der Waals surface area contributed by atoms with Crippen LogP contribution in [-0.2, 0) is 0 Å². The molecule has 0 saturated heterocycles. The number of hydrogen-bond donors (Lipinski definition) is 1. The van der Waals surface area contributed by atoms with E-state index in [1.807, 2.05) is 12.1 Å². The van der Waals surface area contributed by atoms with E-state index < -0.39 is 0 Å². The number of nitrogens with zero attached hydrogens (tertiary/aromatic N) is 1. The molecule has 114 valence electrons. The number of hydrogen-bond acceptors (Lipinski definition) is 4. The average molecular weight is 298 g/mol. The molecule has 0 unspecified atom stereocenters. The number of benzene rings is 1. The van der Waals surface area contributed by atoms with Gasteiger partial charge in [0, 0.05) is 18.0 Å². The van der Waals surface area contributed by atoms with Crippen LogP contribution >= 0.6 is 0 Å². The minimum atomic E-state index is -0.262. The molecule has 1 N–H and O–H groups in total. The van der Waals surface area contributed by atoms with Gasteiger partial charge in [0.05, 0.1) is 12.6 Å². The van der Waals surface area contributed by atoms with Crippen LogP contribution in [0.2, 0.25) is 0 Å². The molecule has 1 aliphatic rings. The SMILES string of the molecule is CNC(=O)c1cc2ccc(C3CCC3)c(C=O)c2nc1OC. The van der Waals surface area contributed by atoms with E-state index in [-0.39, 0.29) is 11.8 Å². The van der Waals surface area contributed by atoms with Crippen LogP contribution in [0.4, 0.5) is 0 Å². The van der Waals surface area contributed by atoms with Crippen LogP contribution in [0, 0.1) is 0 Å². The van der Waals surface area contributed by atoms with Crippen molar-refractivity contribution >= 4 is 23.1 Å². The van der Waals surface area contributed by atoms with Gasteiger partial charge in [-0.2, -0.15) is 0 Å². The van der Waals surface area contributed by atoms with Crippen molar-refractivity contribution in [1.82, 2.24) is 10.3 Å². The molecule has 5 nitrogen and oxygen atoms in total. The third-order valence-electron chi connectivity index (χ3n) is 4.35. The Kier molecular flexibility index (Phi) is 3.79. The summed E-state index contributed by atoms with van der Waals surface area (Å²) in [5, 5.41) is 3.34. The summed E-state index contributed by atoms with van der Waals surface area (Å²) in [6.45, 7) is 0. The predicted octanol–water partition coefficient (Wildman–Crippen LogP) is 2.68. The number of methoxy groups -OCH3 is 1. The molecule has 2 aromatic rings. The molecule has 0 aliphatic heterocycles. The summed E-state index contributed by atoms with van der Waals surface area (Å²) in [4.78, 5) is 27.9. The first-order valence-corrected chi connectivity index (χ1v) is 7.38. The fraction of sp³-hybridized carbons (Fsp3) is 0.353. The van der Waals surface area contributed by atoms with Gasteiger partial charge in [0.1, 0.15) is 5.56 Å². The standard InChI is InChI=1S/C17H18N2O3/c1-18-16(21)13-8-11-6-7-12(10-4-3-5-10)14(9-20)15(11)19-17(13)22-2/h6-10H,3-5H2,1-2H3,(H,18,21). The number of ether oxygens (including phenoxy) is 1. The smallest absolute Gasteiger partial charge is 0.256 e. The number of aromatic nitrogens is 1. The van der Waals surface area contributed by atoms with Crippen molar-refractivity contribution < 1.29 is 14.3 Å². The second-order valence-corrected chi connectivity index (χ2v) is 5.51. The quantitative estimate of drug-likeness (QED) is 0.881. The van der Waals surface area contributed by atoms with Gasteiger partial charge in [0.15, 0.2) is 6.29 Å². The molecule has 0 spiro atoms. The topological polar surface area (TPSA) is 68.3 Å². The van der Waals surface area contributed by atoms with Crippen molar-refractivity contribution in [1.29, 1.82) is 0 Å². The van der Waals surface area contributed by atoms with Gasteiger partial charge < -0.3 is 10.1 Å². The van der Waals surface area contributed by atoms with Gasteiger partial charge in [-0.05, 0) is 30.4 Å². The van der Waals surface area contributed by atoms with Gasteiger partial charge >= 0.3 is 0 Å². The molecule has 1 heterocycles. The lowest BCUT2D eigenvalue weighted by atomic mass is 9.78. The zero-order valence-electron chi connectivity index (χ0n) is 12.7. The minimum absolute atomic E-state index is 0.237. The number of amides is 1. The summed E-state index contributed by atoms with van der Waals surface area (Å²) in [6, 6.07) is 5.63. The van der Waals surface area contributed by atoms with E-state index in [0.29, 0.717) is 22.6 Å². The Balaban J connectivity index is 2.23. The van der Waals surface area contributed by atoms with Crippen LogP contribution in [0.1, 0.15) is 51.5 Å². The van der Waals surface area contributed by atoms with Gasteiger partial charge in [-0.15, -0.1) is 0 Å². The molecule has 1 aromatic carbocycles. The highest BCUT2D eigenvalue weighted by atomic mass is 16.5. The normalized spacial score (nSPS) is 14.5. The van der Waals surface area contributed by atoms with Crippen molar-refractivity contribution in [2.45, 2.75) is 25.2 Å². The maximum absolute atomic E-state index is 11.9. The van der Waals surface area contributed by atoms with Gasteiger partial charge in [-0.1, -0.05) is 18.6 Å². The van der Waals surface area contributed by atoms with Crippen molar-refractivity contribution in [2.75, 3.05) is 14.2 Å². The molecule has 1 saturated carbocycles. The average Bonchev–Trinajstić information content (AvgIpc) is 2.50. The fourth-order valence-corrected chi connectivity index (χ4v) is 2.91. The van der Waals surface area contributed by atoms with Gasteiger partial charge in [-0.3, -0.25) is 9.59 Å². The molecular weight excluding hydrogens is 280 g/mol. The molecule has 0 atom stereocenters. The highest BCUT2D eigenvalue weighted by Crippen LogP contribution is 2.39. The van der Waals surface area contributed by atoms with E-state index in [1.54, 1.807) is 13.1 Å². The first-order valence-electron chi connectivity index (χ1n) is 7.38. The molecule has 3 rings (SSSR count). The lowest BCUT2D eigenvalue weighted by molar-refractivity contribution is 0.0959. The van der Waals surface area contributed by atoms with Crippen LogP contribution in [0.5, 0.6) is 5.88 Å². The molecule has 1 aliphatic carbocycles. The van der Waals surface area contributed by atoms with Gasteiger partial charge in [0.2, 0.25) is 5.88 Å². The Morgan fingerprint density at radius 3 is 2.73 bits per heavy atom. The molecule has 0 bridgehead atoms. The number of carbonyl (C=O) groups is 2. The number of fused-ring (bicyclic) bond motifs is 1. The Labute approximate surface area is 128 Å². The Hall–Kier alpha value is -2.43. The van der Waals surface area contributed by atoms with Crippen molar-refractivity contribution in [3.8, 4) is 5.88 Å². The maximum atomic E-state index is 11.9. The zero-order chi connectivity index (χ0) is 15.7. The number of rotatable bonds is 4. The fourth-order valence-electron chi connectivity index (χ4n) is 2.91. The Bertz CT molecular complexity index is 751. The van der Waals surface area contributed by atoms with Crippen LogP contribution in [0.15, 0.2) is 18.2 Å². The second-order valence-electron chi connectivity index (χ2n) is 5.51. The molecule has 1 aromatic heterocycles. The number of aldehydes is 1. The highest BCUT2D eigenvalue weighted by Gasteiger charge is 2.24. The number of carbonyl (C=O) groups excluding carboxylic acids is 2. The molecule has 5 heteroatoms. The molecule has 0 radical (unpaired) electrons. The Morgan fingerprint density at radius 2 is 2.18 bits per heavy atom. The lowest BCUT2D eigenvalue weighted by Crippen LogP contribution is -2.19. The van der Waals surface area contributed by atoms with Crippen molar-refractivity contribution in [3.63, 3.8) is 0 Å². The van der Waals surface area contributed by atoms with Crippen molar-refractivity contribution in [2.24, 2.45) is 0 Å². The van der Waals surface area contributed by atoms with Gasteiger partial charge in [-0.25, -0.2) is 4.98 Å².